The minimum absolute atomic E-state index is 0.190. The topological polar surface area (TPSA) is 52.3 Å². The highest BCUT2D eigenvalue weighted by molar-refractivity contribution is 7.99. The molecule has 0 saturated heterocycles. The van der Waals surface area contributed by atoms with Crippen LogP contribution in [0.5, 0.6) is 0 Å². The molecule has 0 amide bonds. The Morgan fingerprint density at radius 2 is 2.44 bits per heavy atom. The van der Waals surface area contributed by atoms with Gasteiger partial charge in [0, 0.05) is 10.6 Å². The van der Waals surface area contributed by atoms with Gasteiger partial charge in [-0.25, -0.2) is 0 Å². The Kier molecular flexibility index (Phi) is 6.01. The van der Waals surface area contributed by atoms with E-state index >= 15 is 0 Å². The van der Waals surface area contributed by atoms with Gasteiger partial charge >= 0.3 is 5.97 Å². The van der Waals surface area contributed by atoms with Gasteiger partial charge in [0.1, 0.15) is 0 Å². The Hall–Kier alpha value is -0.960. The van der Waals surface area contributed by atoms with Crippen LogP contribution in [0.1, 0.15) is 9.75 Å². The molecular weight excluding hydrogens is 242 g/mol. The van der Waals surface area contributed by atoms with Gasteiger partial charge in [-0.05, 0) is 12.1 Å². The van der Waals surface area contributed by atoms with Gasteiger partial charge in [0.05, 0.1) is 24.3 Å². The molecule has 5 heteroatoms. The van der Waals surface area contributed by atoms with Crippen molar-refractivity contribution >= 4 is 29.1 Å². The lowest BCUT2D eigenvalue weighted by Gasteiger charge is -1.97. The van der Waals surface area contributed by atoms with Crippen molar-refractivity contribution in [2.45, 2.75) is 5.75 Å². The fourth-order valence-electron chi connectivity index (χ4n) is 0.955. The van der Waals surface area contributed by atoms with E-state index in [4.69, 9.17) is 5.73 Å². The number of hydrogen-bond donors (Lipinski definition) is 1. The molecule has 16 heavy (non-hydrogen) atoms. The number of methoxy groups -OCH3 is 1. The maximum Gasteiger partial charge on any atom is 0.315 e. The fourth-order valence-corrected chi connectivity index (χ4v) is 2.80. The van der Waals surface area contributed by atoms with Crippen molar-refractivity contribution in [1.82, 2.24) is 0 Å². The second-order valence-corrected chi connectivity index (χ2v) is 4.99. The van der Waals surface area contributed by atoms with Crippen LogP contribution in [-0.2, 0) is 15.3 Å². The third kappa shape index (κ3) is 4.71. The molecule has 1 rings (SSSR count). The van der Waals surface area contributed by atoms with E-state index < -0.39 is 0 Å². The molecule has 86 valence electrons. The molecule has 0 bridgehead atoms. The van der Waals surface area contributed by atoms with E-state index in [0.717, 1.165) is 10.6 Å². The number of thiophene rings is 1. The van der Waals surface area contributed by atoms with Crippen molar-refractivity contribution in [3.8, 4) is 11.8 Å². The number of ether oxygens (including phenoxy) is 1. The van der Waals surface area contributed by atoms with Gasteiger partial charge in [-0.15, -0.1) is 23.1 Å². The Labute approximate surface area is 103 Å². The summed E-state index contributed by atoms with van der Waals surface area (Å²) in [6.07, 6.45) is 0. The molecule has 0 fully saturated rings. The summed E-state index contributed by atoms with van der Waals surface area (Å²) in [5.74, 6) is 6.79. The lowest BCUT2D eigenvalue weighted by molar-refractivity contribution is -0.137. The normalized spacial score (nSPS) is 9.38. The number of carbonyl (C=O) groups is 1. The van der Waals surface area contributed by atoms with Crippen LogP contribution >= 0.6 is 23.1 Å². The van der Waals surface area contributed by atoms with Gasteiger partial charge in [-0.2, -0.15) is 0 Å². The lowest BCUT2D eigenvalue weighted by Crippen LogP contribution is -2.02. The smallest absolute Gasteiger partial charge is 0.315 e. The average molecular weight is 255 g/mol. The molecule has 0 unspecified atom stereocenters. The highest BCUT2D eigenvalue weighted by atomic mass is 32.2. The Balaban J connectivity index is 2.37. The minimum Gasteiger partial charge on any atom is -0.468 e. The monoisotopic (exact) mass is 255 g/mol. The first kappa shape index (κ1) is 13.1. The zero-order chi connectivity index (χ0) is 11.8. The first-order chi connectivity index (χ1) is 7.76. The number of hydrogen-bond acceptors (Lipinski definition) is 5. The molecule has 0 aliphatic carbocycles. The molecule has 0 aliphatic heterocycles. The molecule has 3 nitrogen and oxygen atoms in total. The van der Waals surface area contributed by atoms with Crippen LogP contribution in [0.25, 0.3) is 0 Å². The summed E-state index contributed by atoms with van der Waals surface area (Å²) >= 11 is 3.17. The lowest BCUT2D eigenvalue weighted by atomic mass is 10.4. The predicted octanol–water partition coefficient (Wildman–Crippen LogP) is 1.46. The average Bonchev–Trinajstić information content (AvgIpc) is 2.74. The van der Waals surface area contributed by atoms with Crippen molar-refractivity contribution in [1.29, 1.82) is 0 Å². The molecule has 1 aromatic rings. The number of carbonyl (C=O) groups excluding carboxylic acids is 1. The molecule has 1 aromatic heterocycles. The molecular formula is C11H13NO2S2. The van der Waals surface area contributed by atoms with Gasteiger partial charge in [-0.3, -0.25) is 4.79 Å². The van der Waals surface area contributed by atoms with E-state index in [0.29, 0.717) is 12.3 Å². The van der Waals surface area contributed by atoms with Crippen LogP contribution in [0.15, 0.2) is 12.1 Å². The Morgan fingerprint density at radius 1 is 1.62 bits per heavy atom. The van der Waals surface area contributed by atoms with Crippen LogP contribution in [0, 0.1) is 11.8 Å². The number of thioether (sulfide) groups is 1. The standard InChI is InChI=1S/C11H13NO2S2/c1-14-11(13)8-15-7-10-5-4-9(16-10)3-2-6-12/h4-5H,6-8,12H2,1H3. The third-order valence-corrected chi connectivity index (χ3v) is 3.81. The number of nitrogens with two attached hydrogens (primary N) is 1. The number of rotatable bonds is 4. The molecule has 2 N–H and O–H groups in total. The summed E-state index contributed by atoms with van der Waals surface area (Å²) in [4.78, 5) is 13.1. The maximum atomic E-state index is 10.9. The number of esters is 1. The second-order valence-electron chi connectivity index (χ2n) is 2.84. The molecule has 0 atom stereocenters. The van der Waals surface area contributed by atoms with E-state index in [-0.39, 0.29) is 5.97 Å². The Bertz CT molecular complexity index is 404. The summed E-state index contributed by atoms with van der Waals surface area (Å²) in [5.41, 5.74) is 5.29. The van der Waals surface area contributed by atoms with E-state index in [9.17, 15) is 4.79 Å². The van der Waals surface area contributed by atoms with Gasteiger partial charge < -0.3 is 10.5 Å². The van der Waals surface area contributed by atoms with Crippen molar-refractivity contribution in [2.24, 2.45) is 5.73 Å². The highest BCUT2D eigenvalue weighted by Crippen LogP contribution is 2.20. The van der Waals surface area contributed by atoms with Crippen molar-refractivity contribution in [3.05, 3.63) is 21.9 Å². The SMILES string of the molecule is COC(=O)CSCc1ccc(C#CCN)s1. The van der Waals surface area contributed by atoms with Crippen LogP contribution < -0.4 is 5.73 Å². The van der Waals surface area contributed by atoms with E-state index in [2.05, 4.69) is 16.6 Å². The summed E-state index contributed by atoms with van der Waals surface area (Å²) < 4.78 is 4.55. The zero-order valence-electron chi connectivity index (χ0n) is 8.99. The van der Waals surface area contributed by atoms with Crippen LogP contribution in [-0.4, -0.2) is 25.4 Å². The maximum absolute atomic E-state index is 10.9. The summed E-state index contributed by atoms with van der Waals surface area (Å²) in [5, 5.41) is 0. The summed E-state index contributed by atoms with van der Waals surface area (Å²) in [6, 6.07) is 4.00. The fraction of sp³-hybridized carbons (Fsp3) is 0.364. The summed E-state index contributed by atoms with van der Waals surface area (Å²) in [7, 11) is 1.40. The van der Waals surface area contributed by atoms with Gasteiger partial charge in [0.2, 0.25) is 0 Å². The predicted molar refractivity (Wildman–Crippen MR) is 68.4 cm³/mol. The molecule has 0 radical (unpaired) electrons. The van der Waals surface area contributed by atoms with Crippen LogP contribution in [0.2, 0.25) is 0 Å². The largest absolute Gasteiger partial charge is 0.468 e. The molecule has 0 aromatic carbocycles. The second kappa shape index (κ2) is 7.34. The molecule has 0 spiro atoms. The minimum atomic E-state index is -0.190. The van der Waals surface area contributed by atoms with Crippen molar-refractivity contribution < 1.29 is 9.53 Å². The molecule has 0 aliphatic rings. The Morgan fingerprint density at radius 3 is 3.12 bits per heavy atom. The van der Waals surface area contributed by atoms with Crippen LogP contribution in [0.4, 0.5) is 0 Å². The first-order valence-electron chi connectivity index (χ1n) is 4.68. The molecule has 1 heterocycles. The quantitative estimate of drug-likeness (QED) is 0.654. The van der Waals surface area contributed by atoms with Gasteiger partial charge in [0.15, 0.2) is 0 Å². The first-order valence-corrected chi connectivity index (χ1v) is 6.65. The van der Waals surface area contributed by atoms with Crippen molar-refractivity contribution in [2.75, 3.05) is 19.4 Å². The van der Waals surface area contributed by atoms with E-state index in [1.165, 1.54) is 23.7 Å². The third-order valence-electron chi connectivity index (χ3n) is 1.67. The zero-order valence-corrected chi connectivity index (χ0v) is 10.6. The molecule has 0 saturated carbocycles. The summed E-state index contributed by atoms with van der Waals surface area (Å²) in [6.45, 7) is 0.379. The van der Waals surface area contributed by atoms with Gasteiger partial charge in [-0.1, -0.05) is 11.8 Å². The van der Waals surface area contributed by atoms with Crippen LogP contribution in [0.3, 0.4) is 0 Å². The highest BCUT2D eigenvalue weighted by Gasteiger charge is 2.02. The van der Waals surface area contributed by atoms with E-state index in [1.807, 2.05) is 12.1 Å². The van der Waals surface area contributed by atoms with Gasteiger partial charge in [0.25, 0.3) is 0 Å². The van der Waals surface area contributed by atoms with E-state index in [1.54, 1.807) is 11.3 Å². The van der Waals surface area contributed by atoms with Crippen molar-refractivity contribution in [3.63, 3.8) is 0 Å².